The van der Waals surface area contributed by atoms with Crippen molar-refractivity contribution in [3.8, 4) is 0 Å². The summed E-state index contributed by atoms with van der Waals surface area (Å²) in [5, 5.41) is 2.34. The average molecular weight is 633 g/mol. The van der Waals surface area contributed by atoms with Gasteiger partial charge in [0, 0.05) is 79.5 Å². The minimum atomic E-state index is -0.0115. The number of hydrogen-bond donors (Lipinski definition) is 0. The van der Waals surface area contributed by atoms with Crippen molar-refractivity contribution in [1.29, 1.82) is 0 Å². The molecular formula is C41H40N6O. The molecule has 0 spiro atoms. The minimum Gasteiger partial charge on any atom is -0.454 e. The molecule has 0 amide bonds. The van der Waals surface area contributed by atoms with E-state index in [2.05, 4.69) is 165 Å². The Morgan fingerprint density at radius 3 is 2.27 bits per heavy atom. The second kappa shape index (κ2) is 10.6. The van der Waals surface area contributed by atoms with Crippen LogP contribution in [-0.4, -0.2) is 53.3 Å². The average Bonchev–Trinajstić information content (AvgIpc) is 3.89. The first kappa shape index (κ1) is 27.8. The van der Waals surface area contributed by atoms with Crippen LogP contribution in [0.5, 0.6) is 0 Å². The first-order chi connectivity index (χ1) is 23.7. The zero-order chi connectivity index (χ0) is 31.9. The Labute approximate surface area is 281 Å². The van der Waals surface area contributed by atoms with E-state index in [-0.39, 0.29) is 24.4 Å². The van der Waals surface area contributed by atoms with Crippen LogP contribution < -0.4 is 14.7 Å². The summed E-state index contributed by atoms with van der Waals surface area (Å²) in [5.74, 6) is 0.0580. The molecule has 0 aliphatic carbocycles. The molecule has 5 aliphatic rings. The van der Waals surface area contributed by atoms with Gasteiger partial charge in [-0.05, 0) is 61.1 Å². The number of likely N-dealkylation sites (N-methyl/N-ethyl adjacent to an activating group) is 1. The quantitative estimate of drug-likeness (QED) is 0.171. The third kappa shape index (κ3) is 4.00. The van der Waals surface area contributed by atoms with Crippen LogP contribution in [0.25, 0.3) is 21.9 Å². The number of benzene rings is 4. The number of anilines is 3. The molecule has 4 unspecified atom stereocenters. The second-order valence-corrected chi connectivity index (χ2v) is 13.8. The molecule has 7 nitrogen and oxygen atoms in total. The molecule has 0 saturated carbocycles. The molecule has 0 fully saturated rings. The highest BCUT2D eigenvalue weighted by Gasteiger charge is 2.48. The molecule has 4 atom stereocenters. The van der Waals surface area contributed by atoms with Crippen molar-refractivity contribution < 1.29 is 4.42 Å². The number of fused-ring (bicyclic) bond motifs is 15. The fourth-order valence-electron chi connectivity index (χ4n) is 9.05. The molecule has 2 bridgehead atoms. The van der Waals surface area contributed by atoms with Gasteiger partial charge in [-0.25, -0.2) is 0 Å². The summed E-state index contributed by atoms with van der Waals surface area (Å²) in [5.41, 5.74) is 9.70. The lowest BCUT2D eigenvalue weighted by molar-refractivity contribution is 0.189. The molecule has 5 aliphatic heterocycles. The molecular weight excluding hydrogens is 592 g/mol. The molecule has 10 rings (SSSR count). The van der Waals surface area contributed by atoms with E-state index in [4.69, 9.17) is 4.42 Å². The van der Waals surface area contributed by atoms with Crippen molar-refractivity contribution in [3.05, 3.63) is 139 Å². The maximum absolute atomic E-state index is 6.83. The molecule has 240 valence electrons. The Hall–Kier alpha value is -5.30. The van der Waals surface area contributed by atoms with E-state index in [1.54, 1.807) is 0 Å². The highest BCUT2D eigenvalue weighted by Crippen LogP contribution is 2.49. The third-order valence-electron chi connectivity index (χ3n) is 11.4. The molecule has 1 aromatic heterocycles. The van der Waals surface area contributed by atoms with E-state index in [1.165, 1.54) is 44.5 Å². The summed E-state index contributed by atoms with van der Waals surface area (Å²) >= 11 is 0. The van der Waals surface area contributed by atoms with Crippen LogP contribution in [0.3, 0.4) is 0 Å². The van der Waals surface area contributed by atoms with Gasteiger partial charge in [0.15, 0.2) is 5.58 Å². The van der Waals surface area contributed by atoms with E-state index >= 15 is 0 Å². The Balaban J connectivity index is 1.27. The van der Waals surface area contributed by atoms with Gasteiger partial charge in [0.05, 0.1) is 11.6 Å². The molecule has 5 aromatic rings. The smallest absolute Gasteiger partial charge is 0.159 e. The lowest BCUT2D eigenvalue weighted by Crippen LogP contribution is -2.54. The van der Waals surface area contributed by atoms with Gasteiger partial charge >= 0.3 is 0 Å². The maximum atomic E-state index is 6.83. The van der Waals surface area contributed by atoms with Crippen molar-refractivity contribution in [2.24, 2.45) is 0 Å². The predicted octanol–water partition coefficient (Wildman–Crippen LogP) is 7.98. The van der Waals surface area contributed by atoms with E-state index in [0.29, 0.717) is 0 Å². The Morgan fingerprint density at radius 1 is 0.604 bits per heavy atom. The normalized spacial score (nSPS) is 24.4. The van der Waals surface area contributed by atoms with Crippen LogP contribution in [0.2, 0.25) is 0 Å². The second-order valence-electron chi connectivity index (χ2n) is 13.8. The lowest BCUT2D eigenvalue weighted by atomic mass is 9.87. The summed E-state index contributed by atoms with van der Waals surface area (Å²) in [4.78, 5) is 15.1. The summed E-state index contributed by atoms with van der Waals surface area (Å²) in [7, 11) is 2.25. The van der Waals surface area contributed by atoms with Crippen LogP contribution in [0.1, 0.15) is 36.0 Å². The Kier molecular flexibility index (Phi) is 6.14. The van der Waals surface area contributed by atoms with Crippen LogP contribution in [0.15, 0.2) is 127 Å². The topological polar surface area (TPSA) is 32.6 Å². The first-order valence-electron chi connectivity index (χ1n) is 17.4. The number of hydrogen-bond acceptors (Lipinski definition) is 7. The highest BCUT2D eigenvalue weighted by atomic mass is 16.3. The number of nitrogens with zero attached hydrogens (tertiary/aromatic N) is 6. The minimum absolute atomic E-state index is 0.0115. The van der Waals surface area contributed by atoms with Gasteiger partial charge in [0.25, 0.3) is 0 Å². The van der Waals surface area contributed by atoms with Crippen LogP contribution in [0.4, 0.5) is 17.1 Å². The third-order valence-corrected chi connectivity index (χ3v) is 11.4. The van der Waals surface area contributed by atoms with E-state index < -0.39 is 0 Å². The van der Waals surface area contributed by atoms with Gasteiger partial charge in [0.1, 0.15) is 24.1 Å². The Morgan fingerprint density at radius 2 is 1.33 bits per heavy atom. The van der Waals surface area contributed by atoms with Crippen LogP contribution >= 0.6 is 0 Å². The molecule has 6 heterocycles. The first-order valence-corrected chi connectivity index (χ1v) is 17.4. The van der Waals surface area contributed by atoms with Crippen LogP contribution in [-0.2, 0) is 12.8 Å². The SMILES string of the molecule is CC1N2C=CN1c1ccccc1C1C3N(C)C=CN3c3c(ccc4c3oc3ccccc34)CCc3ccccc3N3C=CN(CCC2)C13. The zero-order valence-electron chi connectivity index (χ0n) is 27.5. The predicted molar refractivity (Wildman–Crippen MR) is 194 cm³/mol. The number of para-hydroxylation sites is 3. The lowest BCUT2D eigenvalue weighted by Gasteiger charge is -2.46. The molecule has 0 saturated heterocycles. The van der Waals surface area contributed by atoms with Crippen molar-refractivity contribution in [2.45, 2.75) is 50.6 Å². The van der Waals surface area contributed by atoms with Gasteiger partial charge in [-0.3, -0.25) is 0 Å². The molecule has 0 N–H and O–H groups in total. The monoisotopic (exact) mass is 632 g/mol. The van der Waals surface area contributed by atoms with Crippen molar-refractivity contribution in [1.82, 2.24) is 14.7 Å². The molecule has 0 radical (unpaired) electrons. The summed E-state index contributed by atoms with van der Waals surface area (Å²) in [6.45, 7) is 4.33. The van der Waals surface area contributed by atoms with Crippen molar-refractivity contribution in [3.63, 3.8) is 0 Å². The molecule has 48 heavy (non-hydrogen) atoms. The zero-order valence-corrected chi connectivity index (χ0v) is 27.5. The van der Waals surface area contributed by atoms with Crippen molar-refractivity contribution >= 4 is 39.0 Å². The van der Waals surface area contributed by atoms with Crippen molar-refractivity contribution in [2.75, 3.05) is 34.8 Å². The van der Waals surface area contributed by atoms with E-state index in [9.17, 15) is 0 Å². The van der Waals surface area contributed by atoms with Gasteiger partial charge in [-0.2, -0.15) is 0 Å². The van der Waals surface area contributed by atoms with Gasteiger partial charge in [-0.1, -0.05) is 66.7 Å². The number of furan rings is 1. The van der Waals surface area contributed by atoms with Gasteiger partial charge in [-0.15, -0.1) is 0 Å². The van der Waals surface area contributed by atoms with Gasteiger partial charge < -0.3 is 33.8 Å². The largest absolute Gasteiger partial charge is 0.454 e. The standard InChI is InChI=1S/C41H40N6O/c1-28-43-20-9-21-44-24-27-46-34-13-6-3-10-29(34)16-17-30-18-19-32-31-11-5-8-15-36(31)48-39(32)38(30)47-25-22-42(2)40(47)37(41(44)46)33-12-4-7-14-35(33)45(28)26-23-43/h3-8,10-15,18-19,22-28,37,40-41H,9,16-17,20-21H2,1-2H3. The van der Waals surface area contributed by atoms with E-state index in [1.807, 2.05) is 0 Å². The fourth-order valence-corrected chi connectivity index (χ4v) is 9.05. The molecule has 4 aromatic carbocycles. The Bertz CT molecular complexity index is 2150. The van der Waals surface area contributed by atoms with E-state index in [0.717, 1.165) is 43.5 Å². The number of aryl methyl sites for hydroxylation is 2. The van der Waals surface area contributed by atoms with Crippen LogP contribution in [0, 0.1) is 0 Å². The maximum Gasteiger partial charge on any atom is 0.159 e. The highest BCUT2D eigenvalue weighted by molar-refractivity contribution is 6.09. The fraction of sp³-hybridized carbons (Fsp3) is 0.268. The summed E-state index contributed by atoms with van der Waals surface area (Å²) in [6.07, 6.45) is 17.1. The van der Waals surface area contributed by atoms with Gasteiger partial charge in [0.2, 0.25) is 0 Å². The molecule has 7 heteroatoms. The summed E-state index contributed by atoms with van der Waals surface area (Å²) < 4.78 is 6.83. The summed E-state index contributed by atoms with van der Waals surface area (Å²) in [6, 6.07) is 31.3. The number of rotatable bonds is 0.